The Labute approximate surface area is 146 Å². The van der Waals surface area contributed by atoms with Crippen molar-refractivity contribution < 1.29 is 14.7 Å². The van der Waals surface area contributed by atoms with Gasteiger partial charge in [0.25, 0.3) is 5.91 Å². The number of nitrogens with two attached hydrogens (primary N) is 2. The summed E-state index contributed by atoms with van der Waals surface area (Å²) in [6.45, 7) is 5.49. The predicted octanol–water partition coefficient (Wildman–Crippen LogP) is 0.315. The molecule has 4 rings (SSSR count). The molecule has 8 nitrogen and oxygen atoms in total. The minimum Gasteiger partial charge on any atom is -0.393 e. The monoisotopic (exact) mass is 347 g/mol. The normalized spacial score (nSPS) is 32.7. The van der Waals surface area contributed by atoms with E-state index < -0.39 is 11.9 Å². The molecule has 0 aromatic carbocycles. The van der Waals surface area contributed by atoms with Gasteiger partial charge in [0.15, 0.2) is 0 Å². The van der Waals surface area contributed by atoms with Gasteiger partial charge in [0.1, 0.15) is 0 Å². The Balaban J connectivity index is 1.87. The highest BCUT2D eigenvalue weighted by molar-refractivity contribution is 5.96. The third kappa shape index (κ3) is 1.94. The molecule has 2 heterocycles. The largest absolute Gasteiger partial charge is 0.393 e. The number of primary amides is 2. The summed E-state index contributed by atoms with van der Waals surface area (Å²) in [6, 6.07) is -0.514. The number of carbonyl (C=O) groups excluding carboxylic acids is 2. The van der Waals surface area contributed by atoms with Crippen LogP contribution in [0.25, 0.3) is 0 Å². The van der Waals surface area contributed by atoms with E-state index in [0.29, 0.717) is 36.5 Å². The highest BCUT2D eigenvalue weighted by Gasteiger charge is 2.65. The highest BCUT2D eigenvalue weighted by Crippen LogP contribution is 2.66. The van der Waals surface area contributed by atoms with Gasteiger partial charge in [-0.25, -0.2) is 4.79 Å². The van der Waals surface area contributed by atoms with Crippen LogP contribution in [0.5, 0.6) is 0 Å². The Hall–Kier alpha value is -2.09. The Morgan fingerprint density at radius 3 is 2.52 bits per heavy atom. The Morgan fingerprint density at radius 2 is 2.00 bits per heavy atom. The van der Waals surface area contributed by atoms with Crippen LogP contribution in [-0.2, 0) is 18.5 Å². The molecule has 25 heavy (non-hydrogen) atoms. The van der Waals surface area contributed by atoms with Gasteiger partial charge >= 0.3 is 6.03 Å². The Bertz CT molecular complexity index is 771. The van der Waals surface area contributed by atoms with Crippen molar-refractivity contribution in [3.8, 4) is 0 Å². The first-order valence-electron chi connectivity index (χ1n) is 8.81. The van der Waals surface area contributed by atoms with E-state index in [1.54, 1.807) is 4.68 Å². The van der Waals surface area contributed by atoms with Crippen molar-refractivity contribution in [1.29, 1.82) is 0 Å². The maximum absolute atomic E-state index is 12.3. The molecule has 2 aliphatic carbocycles. The van der Waals surface area contributed by atoms with E-state index in [-0.39, 0.29) is 29.4 Å². The van der Waals surface area contributed by atoms with Crippen molar-refractivity contribution >= 4 is 11.9 Å². The van der Waals surface area contributed by atoms with Crippen LogP contribution in [0, 0.1) is 11.3 Å². The third-order valence-corrected chi connectivity index (χ3v) is 7.06. The zero-order valence-electron chi connectivity index (χ0n) is 14.7. The number of fused-ring (bicyclic) bond motifs is 3. The quantitative estimate of drug-likeness (QED) is 0.711. The van der Waals surface area contributed by atoms with Gasteiger partial charge in [0.2, 0.25) is 0 Å². The molecule has 2 saturated carbocycles. The van der Waals surface area contributed by atoms with E-state index in [2.05, 4.69) is 13.8 Å². The van der Waals surface area contributed by atoms with Crippen molar-refractivity contribution in [2.45, 2.75) is 57.7 Å². The van der Waals surface area contributed by atoms with Crippen LogP contribution >= 0.6 is 0 Å². The van der Waals surface area contributed by atoms with Gasteiger partial charge in [-0.15, -0.1) is 0 Å². The molecule has 3 unspecified atom stereocenters. The first-order valence-corrected chi connectivity index (χ1v) is 8.81. The van der Waals surface area contributed by atoms with Crippen LogP contribution in [-0.4, -0.2) is 44.4 Å². The fourth-order valence-corrected chi connectivity index (χ4v) is 5.60. The van der Waals surface area contributed by atoms with E-state index in [1.165, 1.54) is 4.90 Å². The maximum Gasteiger partial charge on any atom is 0.315 e. The van der Waals surface area contributed by atoms with Gasteiger partial charge in [-0.2, -0.15) is 5.10 Å². The lowest BCUT2D eigenvalue weighted by Crippen LogP contribution is -2.42. The van der Waals surface area contributed by atoms with Crippen LogP contribution in [0.3, 0.4) is 0 Å². The zero-order chi connectivity index (χ0) is 18.1. The van der Waals surface area contributed by atoms with Gasteiger partial charge in [-0.05, 0) is 30.6 Å². The Morgan fingerprint density at radius 1 is 1.28 bits per heavy atom. The Kier molecular flexibility index (Phi) is 3.26. The van der Waals surface area contributed by atoms with Crippen LogP contribution < -0.4 is 11.5 Å². The number of aliphatic hydroxyl groups is 1. The summed E-state index contributed by atoms with van der Waals surface area (Å²) in [5.74, 6) is -0.327. The summed E-state index contributed by atoms with van der Waals surface area (Å²) in [6.07, 6.45) is 2.02. The second kappa shape index (κ2) is 4.97. The highest BCUT2D eigenvalue weighted by atomic mass is 16.3. The molecule has 2 bridgehead atoms. The molecule has 3 amide bonds. The summed E-state index contributed by atoms with van der Waals surface area (Å²) in [7, 11) is 0. The van der Waals surface area contributed by atoms with Gasteiger partial charge < -0.3 is 21.5 Å². The summed E-state index contributed by atoms with van der Waals surface area (Å²) >= 11 is 0. The van der Waals surface area contributed by atoms with Crippen molar-refractivity contribution in [3.05, 3.63) is 17.0 Å². The third-order valence-electron chi connectivity index (χ3n) is 7.06. The van der Waals surface area contributed by atoms with Crippen LogP contribution in [0.15, 0.2) is 0 Å². The van der Waals surface area contributed by atoms with E-state index >= 15 is 0 Å². The molecule has 3 aliphatic rings. The lowest BCUT2D eigenvalue weighted by atomic mass is 9.66. The van der Waals surface area contributed by atoms with Crippen LogP contribution in [0.4, 0.5) is 4.79 Å². The van der Waals surface area contributed by atoms with E-state index in [4.69, 9.17) is 16.6 Å². The topological polar surface area (TPSA) is 127 Å². The fourth-order valence-electron chi connectivity index (χ4n) is 5.60. The zero-order valence-corrected chi connectivity index (χ0v) is 14.7. The fraction of sp³-hybridized carbons (Fsp3) is 0.706. The van der Waals surface area contributed by atoms with Crippen molar-refractivity contribution in [2.75, 3.05) is 6.54 Å². The van der Waals surface area contributed by atoms with E-state index in [9.17, 15) is 14.7 Å². The van der Waals surface area contributed by atoms with Gasteiger partial charge in [0, 0.05) is 12.0 Å². The number of aromatic nitrogens is 2. The van der Waals surface area contributed by atoms with E-state index in [1.807, 2.05) is 0 Å². The molecule has 2 fully saturated rings. The SMILES string of the molecule is CC1(C)C2CCC1(c1nn3c(c1C(N)=O)CN(C(N)=O)CC3)CC2O. The number of amides is 3. The van der Waals surface area contributed by atoms with Crippen LogP contribution in [0.1, 0.15) is 54.9 Å². The number of hydrogen-bond donors (Lipinski definition) is 3. The number of nitrogens with zero attached hydrogens (tertiary/aromatic N) is 3. The second-order valence-corrected chi connectivity index (χ2v) is 8.24. The first kappa shape index (κ1) is 16.4. The minimum absolute atomic E-state index is 0.162. The number of carbonyl (C=O) groups is 2. The molecule has 0 radical (unpaired) electrons. The van der Waals surface area contributed by atoms with Gasteiger partial charge in [-0.3, -0.25) is 9.48 Å². The summed E-state index contributed by atoms with van der Waals surface area (Å²) in [5, 5.41) is 15.3. The van der Waals surface area contributed by atoms with Gasteiger partial charge in [0.05, 0.1) is 36.1 Å². The summed E-state index contributed by atoms with van der Waals surface area (Å²) in [4.78, 5) is 25.4. The lowest BCUT2D eigenvalue weighted by Gasteiger charge is -2.37. The first-order chi connectivity index (χ1) is 11.7. The van der Waals surface area contributed by atoms with Crippen molar-refractivity contribution in [3.63, 3.8) is 0 Å². The summed E-state index contributed by atoms with van der Waals surface area (Å²) < 4.78 is 1.79. The van der Waals surface area contributed by atoms with Gasteiger partial charge in [-0.1, -0.05) is 13.8 Å². The molecule has 136 valence electrons. The molecule has 3 atom stereocenters. The predicted molar refractivity (Wildman–Crippen MR) is 89.5 cm³/mol. The number of rotatable bonds is 2. The second-order valence-electron chi connectivity index (χ2n) is 8.24. The molecule has 1 aromatic rings. The molecule has 8 heteroatoms. The number of urea groups is 1. The molecule has 1 aromatic heterocycles. The standard InChI is InChI=1S/C17H25N5O3/c1-16(2)9-3-4-17(16,7-11(9)23)13-12(14(18)24)10-8-21(15(19)25)5-6-22(10)20-13/h9,11,23H,3-8H2,1-2H3,(H2,18,24)(H2,19,25). The smallest absolute Gasteiger partial charge is 0.315 e. The van der Waals surface area contributed by atoms with Crippen molar-refractivity contribution in [2.24, 2.45) is 22.8 Å². The average molecular weight is 347 g/mol. The minimum atomic E-state index is -0.530. The molecule has 5 N–H and O–H groups in total. The average Bonchev–Trinajstić information content (AvgIpc) is 3.09. The number of aliphatic hydroxyl groups excluding tert-OH is 1. The molecular weight excluding hydrogens is 322 g/mol. The molecule has 1 aliphatic heterocycles. The molecular formula is C17H25N5O3. The number of hydrogen-bond acceptors (Lipinski definition) is 4. The lowest BCUT2D eigenvalue weighted by molar-refractivity contribution is 0.0944. The van der Waals surface area contributed by atoms with Crippen LogP contribution in [0.2, 0.25) is 0 Å². The van der Waals surface area contributed by atoms with Crippen molar-refractivity contribution in [1.82, 2.24) is 14.7 Å². The molecule has 0 saturated heterocycles. The summed E-state index contributed by atoms with van der Waals surface area (Å²) in [5.41, 5.74) is 12.4. The maximum atomic E-state index is 12.3. The van der Waals surface area contributed by atoms with E-state index in [0.717, 1.165) is 12.8 Å². The molecule has 0 spiro atoms.